The number of aromatic nitrogens is 2. The Hall–Kier alpha value is -2.30. The zero-order valence-electron chi connectivity index (χ0n) is 12.4. The second-order valence-electron chi connectivity index (χ2n) is 5.29. The van der Waals surface area contributed by atoms with E-state index >= 15 is 0 Å². The number of benzene rings is 1. The van der Waals surface area contributed by atoms with Gasteiger partial charge in [-0.25, -0.2) is 4.98 Å². The molecule has 0 aliphatic carbocycles. The molecule has 0 atom stereocenters. The summed E-state index contributed by atoms with van der Waals surface area (Å²) in [6, 6.07) is 4.36. The van der Waals surface area contributed by atoms with E-state index in [9.17, 15) is 0 Å². The molecule has 5 heteroatoms. The van der Waals surface area contributed by atoms with Crippen molar-refractivity contribution in [2.24, 2.45) is 0 Å². The van der Waals surface area contributed by atoms with Crippen LogP contribution in [0.1, 0.15) is 22.3 Å². The van der Waals surface area contributed by atoms with Crippen molar-refractivity contribution in [3.8, 4) is 0 Å². The van der Waals surface area contributed by atoms with Crippen LogP contribution in [0.4, 0.5) is 17.5 Å². The molecule has 0 radical (unpaired) electrons. The van der Waals surface area contributed by atoms with Gasteiger partial charge in [0.05, 0.1) is 0 Å². The molecule has 0 spiro atoms. The van der Waals surface area contributed by atoms with Crippen LogP contribution in [0, 0.1) is 13.8 Å². The van der Waals surface area contributed by atoms with Crippen LogP contribution < -0.4 is 16.4 Å². The molecule has 0 bridgehead atoms. The van der Waals surface area contributed by atoms with Crippen molar-refractivity contribution in [2.75, 3.05) is 30.5 Å². The third-order valence-electron chi connectivity index (χ3n) is 3.31. The van der Waals surface area contributed by atoms with Gasteiger partial charge in [0.2, 0.25) is 5.95 Å². The van der Waals surface area contributed by atoms with E-state index in [1.807, 2.05) is 0 Å². The molecule has 0 saturated carbocycles. The lowest BCUT2D eigenvalue weighted by atomic mass is 9.99. The van der Waals surface area contributed by atoms with Gasteiger partial charge in [0, 0.05) is 38.0 Å². The Balaban J connectivity index is 2.35. The van der Waals surface area contributed by atoms with Crippen LogP contribution in [0.5, 0.6) is 0 Å². The molecule has 0 aliphatic rings. The lowest BCUT2D eigenvalue weighted by Crippen LogP contribution is -2.12. The van der Waals surface area contributed by atoms with Crippen LogP contribution in [-0.2, 0) is 6.42 Å². The van der Waals surface area contributed by atoms with Crippen LogP contribution in [0.3, 0.4) is 0 Å². The zero-order valence-corrected chi connectivity index (χ0v) is 12.4. The van der Waals surface area contributed by atoms with Crippen LogP contribution in [0.15, 0.2) is 18.3 Å². The third-order valence-corrected chi connectivity index (χ3v) is 3.31. The molecule has 0 amide bonds. The Labute approximate surface area is 119 Å². The second-order valence-corrected chi connectivity index (χ2v) is 5.29. The summed E-state index contributed by atoms with van der Waals surface area (Å²) in [5.74, 6) is 0.658. The summed E-state index contributed by atoms with van der Waals surface area (Å²) in [4.78, 5) is 10.1. The molecule has 5 nitrogen and oxygen atoms in total. The predicted octanol–water partition coefficient (Wildman–Crippen LogP) is 1.91. The van der Waals surface area contributed by atoms with Gasteiger partial charge in [-0.3, -0.25) is 0 Å². The van der Waals surface area contributed by atoms with Gasteiger partial charge in [-0.15, -0.1) is 0 Å². The third kappa shape index (κ3) is 2.82. The highest BCUT2D eigenvalue weighted by molar-refractivity contribution is 5.60. The lowest BCUT2D eigenvalue weighted by Gasteiger charge is -2.20. The minimum Gasteiger partial charge on any atom is -0.383 e. The molecule has 20 heavy (non-hydrogen) atoms. The number of hydrogen-bond acceptors (Lipinski definition) is 5. The largest absolute Gasteiger partial charge is 0.383 e. The molecule has 106 valence electrons. The maximum Gasteiger partial charge on any atom is 0.221 e. The molecule has 0 unspecified atom stereocenters. The molecule has 4 N–H and O–H groups in total. The minimum absolute atomic E-state index is 0.210. The SMILES string of the molecule is Cc1cc(Cc2cnc(N)nc2N)cc(C)c1N(C)C. The van der Waals surface area contributed by atoms with Crippen LogP contribution in [0.25, 0.3) is 0 Å². The summed E-state index contributed by atoms with van der Waals surface area (Å²) in [5.41, 5.74) is 17.3. The van der Waals surface area contributed by atoms with Crippen molar-refractivity contribution < 1.29 is 0 Å². The van der Waals surface area contributed by atoms with Crippen molar-refractivity contribution >= 4 is 17.5 Å². The van der Waals surface area contributed by atoms with Gasteiger partial charge in [-0.05, 0) is 30.5 Å². The number of nitrogens with zero attached hydrogens (tertiary/aromatic N) is 3. The number of nitrogen functional groups attached to an aromatic ring is 2. The van der Waals surface area contributed by atoms with Crippen LogP contribution >= 0.6 is 0 Å². The maximum atomic E-state index is 5.88. The number of anilines is 3. The van der Waals surface area contributed by atoms with Gasteiger partial charge >= 0.3 is 0 Å². The zero-order chi connectivity index (χ0) is 14.9. The molecule has 1 heterocycles. The van der Waals surface area contributed by atoms with Gasteiger partial charge < -0.3 is 16.4 Å². The van der Waals surface area contributed by atoms with Gasteiger partial charge in [0.1, 0.15) is 5.82 Å². The molecule has 0 saturated heterocycles. The number of rotatable bonds is 3. The number of nitrogens with two attached hydrogens (primary N) is 2. The topological polar surface area (TPSA) is 81.1 Å². The minimum atomic E-state index is 0.210. The Morgan fingerprint density at radius 1 is 1.10 bits per heavy atom. The van der Waals surface area contributed by atoms with Gasteiger partial charge in [0.25, 0.3) is 0 Å². The fourth-order valence-corrected chi connectivity index (χ4v) is 2.64. The average Bonchev–Trinajstić information content (AvgIpc) is 2.31. The Morgan fingerprint density at radius 3 is 2.20 bits per heavy atom. The first-order chi connectivity index (χ1) is 9.38. The smallest absolute Gasteiger partial charge is 0.221 e. The van der Waals surface area contributed by atoms with Crippen molar-refractivity contribution in [3.63, 3.8) is 0 Å². The molecule has 1 aromatic heterocycles. The van der Waals surface area contributed by atoms with E-state index in [2.05, 4.69) is 54.9 Å². The van der Waals surface area contributed by atoms with Crippen LogP contribution in [-0.4, -0.2) is 24.1 Å². The standard InChI is InChI=1S/C15H21N5/c1-9-5-11(6-10(2)13(9)20(3)4)7-12-8-18-15(17)19-14(12)16/h5-6,8H,7H2,1-4H3,(H4,16,17,18,19). The van der Waals surface area contributed by atoms with E-state index < -0.39 is 0 Å². The van der Waals surface area contributed by atoms with Crippen molar-refractivity contribution in [3.05, 3.63) is 40.6 Å². The Bertz CT molecular complexity index is 611. The van der Waals surface area contributed by atoms with Gasteiger partial charge in [-0.2, -0.15) is 4.98 Å². The fourth-order valence-electron chi connectivity index (χ4n) is 2.64. The van der Waals surface area contributed by atoms with E-state index in [0.29, 0.717) is 12.2 Å². The molecule has 0 aliphatic heterocycles. The molecule has 1 aromatic carbocycles. The van der Waals surface area contributed by atoms with Crippen LogP contribution in [0.2, 0.25) is 0 Å². The highest BCUT2D eigenvalue weighted by Crippen LogP contribution is 2.26. The first kappa shape index (κ1) is 14.1. The quantitative estimate of drug-likeness (QED) is 0.891. The fraction of sp³-hybridized carbons (Fsp3) is 0.333. The highest BCUT2D eigenvalue weighted by atomic mass is 15.1. The normalized spacial score (nSPS) is 10.6. The maximum absolute atomic E-state index is 5.88. The van der Waals surface area contributed by atoms with Crippen molar-refractivity contribution in [2.45, 2.75) is 20.3 Å². The number of aryl methyl sites for hydroxylation is 2. The van der Waals surface area contributed by atoms with Crippen molar-refractivity contribution in [1.29, 1.82) is 0 Å². The summed E-state index contributed by atoms with van der Waals surface area (Å²) in [5, 5.41) is 0. The Kier molecular flexibility index (Phi) is 3.79. The second kappa shape index (κ2) is 5.36. The first-order valence-corrected chi connectivity index (χ1v) is 6.52. The van der Waals surface area contributed by atoms with E-state index in [1.54, 1.807) is 6.20 Å². The van der Waals surface area contributed by atoms with E-state index in [0.717, 1.165) is 5.56 Å². The molecular formula is C15H21N5. The summed E-state index contributed by atoms with van der Waals surface area (Å²) >= 11 is 0. The summed E-state index contributed by atoms with van der Waals surface area (Å²) < 4.78 is 0. The summed E-state index contributed by atoms with van der Waals surface area (Å²) in [6.07, 6.45) is 2.41. The lowest BCUT2D eigenvalue weighted by molar-refractivity contribution is 1.06. The van der Waals surface area contributed by atoms with Crippen molar-refractivity contribution in [1.82, 2.24) is 9.97 Å². The van der Waals surface area contributed by atoms with E-state index in [-0.39, 0.29) is 5.95 Å². The highest BCUT2D eigenvalue weighted by Gasteiger charge is 2.09. The molecule has 0 fully saturated rings. The van der Waals surface area contributed by atoms with E-state index in [1.165, 1.54) is 22.4 Å². The molecule has 2 rings (SSSR count). The van der Waals surface area contributed by atoms with E-state index in [4.69, 9.17) is 11.5 Å². The predicted molar refractivity (Wildman–Crippen MR) is 83.9 cm³/mol. The summed E-state index contributed by atoms with van der Waals surface area (Å²) in [6.45, 7) is 4.24. The average molecular weight is 271 g/mol. The monoisotopic (exact) mass is 271 g/mol. The molecular weight excluding hydrogens is 250 g/mol. The Morgan fingerprint density at radius 2 is 1.70 bits per heavy atom. The molecule has 2 aromatic rings. The first-order valence-electron chi connectivity index (χ1n) is 6.52. The van der Waals surface area contributed by atoms with Gasteiger partial charge in [0.15, 0.2) is 0 Å². The van der Waals surface area contributed by atoms with Gasteiger partial charge in [-0.1, -0.05) is 12.1 Å². The summed E-state index contributed by atoms with van der Waals surface area (Å²) in [7, 11) is 4.11. The number of hydrogen-bond donors (Lipinski definition) is 2.